The predicted octanol–water partition coefficient (Wildman–Crippen LogP) is 8.26. The predicted molar refractivity (Wildman–Crippen MR) is 133 cm³/mol. The summed E-state index contributed by atoms with van der Waals surface area (Å²) < 4.78 is 0. The van der Waals surface area contributed by atoms with Gasteiger partial charge in [-0.25, -0.2) is 0 Å². The highest BCUT2D eigenvalue weighted by Gasteiger charge is 2.48. The second-order valence-corrected chi connectivity index (χ2v) is 9.44. The van der Waals surface area contributed by atoms with Crippen molar-refractivity contribution in [3.8, 4) is 0 Å². The Balaban J connectivity index is 2.00. The van der Waals surface area contributed by atoms with Gasteiger partial charge in [-0.15, -0.1) is 0 Å². The highest BCUT2D eigenvalue weighted by atomic mass is 16.1. The molecule has 0 fully saturated rings. The van der Waals surface area contributed by atoms with E-state index in [4.69, 9.17) is 0 Å². The number of carbonyl (C=O) groups excluding carboxylic acids is 2. The molecule has 0 saturated heterocycles. The number of ketones is 2. The van der Waals surface area contributed by atoms with Crippen molar-refractivity contribution in [2.75, 3.05) is 0 Å². The molecule has 2 atom stereocenters. The summed E-state index contributed by atoms with van der Waals surface area (Å²) in [7, 11) is 0. The van der Waals surface area contributed by atoms with E-state index in [1.165, 1.54) is 22.3 Å². The van der Waals surface area contributed by atoms with E-state index in [0.717, 1.165) is 62.1 Å². The summed E-state index contributed by atoms with van der Waals surface area (Å²) in [6.07, 6.45) is 7.96. The number of carbonyl (C=O) groups is 2. The lowest BCUT2D eigenvalue weighted by atomic mass is 9.60. The Morgan fingerprint density at radius 2 is 0.969 bits per heavy atom. The van der Waals surface area contributed by atoms with Crippen molar-refractivity contribution in [1.82, 2.24) is 0 Å². The zero-order valence-electron chi connectivity index (χ0n) is 20.1. The van der Waals surface area contributed by atoms with Gasteiger partial charge in [0.15, 0.2) is 11.6 Å². The third-order valence-electron chi connectivity index (χ3n) is 7.24. The van der Waals surface area contributed by atoms with Crippen LogP contribution in [0.5, 0.6) is 0 Å². The molecule has 0 bridgehead atoms. The minimum Gasteiger partial charge on any atom is -0.293 e. The largest absolute Gasteiger partial charge is 0.293 e. The van der Waals surface area contributed by atoms with E-state index >= 15 is 0 Å². The smallest absolute Gasteiger partial charge is 0.171 e. The van der Waals surface area contributed by atoms with Crippen molar-refractivity contribution in [3.05, 3.63) is 69.8 Å². The zero-order valence-corrected chi connectivity index (χ0v) is 20.1. The second kappa shape index (κ2) is 9.57. The first-order chi connectivity index (χ1) is 15.6. The van der Waals surface area contributed by atoms with E-state index < -0.39 is 0 Å². The minimum atomic E-state index is -0.306. The maximum atomic E-state index is 14.1. The molecular formula is C30H36O2. The summed E-state index contributed by atoms with van der Waals surface area (Å²) in [6, 6.07) is 12.0. The van der Waals surface area contributed by atoms with Crippen molar-refractivity contribution in [2.24, 2.45) is 11.8 Å². The summed E-state index contributed by atoms with van der Waals surface area (Å²) in [5.74, 6) is -0.284. The molecule has 0 radical (unpaired) electrons. The molecule has 0 heterocycles. The average Bonchev–Trinajstić information content (AvgIpc) is 2.80. The molecule has 2 heteroatoms. The molecule has 2 aliphatic rings. The Labute approximate surface area is 192 Å². The molecule has 0 N–H and O–H groups in total. The Bertz CT molecular complexity index is 1030. The number of rotatable bonds is 8. The maximum Gasteiger partial charge on any atom is 0.171 e. The standard InChI is InChI=1S/C30H36O2/c1-5-11-21-22(12-6-2)24(14-8-4)28-27(23(21)13-7-3)29(31)25-17-19-15-9-10-16-20(19)18-26(25)30(28)32/h9-10,15-18,27-28H,5-8,11-14H2,1-4H3. The van der Waals surface area contributed by atoms with Gasteiger partial charge in [0.05, 0.1) is 11.8 Å². The van der Waals surface area contributed by atoms with Crippen LogP contribution in [0, 0.1) is 11.8 Å². The fourth-order valence-corrected chi connectivity index (χ4v) is 6.04. The van der Waals surface area contributed by atoms with Gasteiger partial charge in [-0.2, -0.15) is 0 Å². The SMILES string of the molecule is CCCC1=C(CCC)C2C(=O)c3cc4ccccc4cc3C(=O)C2C(CCC)=C1CCC. The van der Waals surface area contributed by atoms with Crippen LogP contribution in [0.4, 0.5) is 0 Å². The van der Waals surface area contributed by atoms with Gasteiger partial charge in [0.25, 0.3) is 0 Å². The van der Waals surface area contributed by atoms with Gasteiger partial charge in [-0.05, 0) is 59.7 Å². The summed E-state index contributed by atoms with van der Waals surface area (Å²) in [5.41, 5.74) is 6.61. The number of allylic oxidation sites excluding steroid dienone is 4. The van der Waals surface area contributed by atoms with Crippen LogP contribution in [-0.2, 0) is 0 Å². The van der Waals surface area contributed by atoms with Crippen LogP contribution < -0.4 is 0 Å². The molecule has 0 aliphatic heterocycles. The highest BCUT2D eigenvalue weighted by Crippen LogP contribution is 2.50. The van der Waals surface area contributed by atoms with Crippen molar-refractivity contribution >= 4 is 22.3 Å². The molecule has 168 valence electrons. The second-order valence-electron chi connectivity index (χ2n) is 9.44. The molecule has 0 amide bonds. The highest BCUT2D eigenvalue weighted by molar-refractivity contribution is 6.20. The van der Waals surface area contributed by atoms with E-state index in [-0.39, 0.29) is 23.4 Å². The van der Waals surface area contributed by atoms with Crippen molar-refractivity contribution in [3.63, 3.8) is 0 Å². The maximum absolute atomic E-state index is 14.1. The topological polar surface area (TPSA) is 34.1 Å². The summed E-state index contributed by atoms with van der Waals surface area (Å²) in [6.45, 7) is 8.82. The van der Waals surface area contributed by atoms with E-state index in [2.05, 4.69) is 27.7 Å². The molecule has 2 nitrogen and oxygen atoms in total. The number of hydrogen-bond acceptors (Lipinski definition) is 2. The molecule has 0 saturated carbocycles. The molecular weight excluding hydrogens is 392 g/mol. The molecule has 2 aromatic rings. The first-order valence-electron chi connectivity index (χ1n) is 12.6. The lowest BCUT2D eigenvalue weighted by molar-refractivity contribution is 0.0778. The van der Waals surface area contributed by atoms with Gasteiger partial charge in [0, 0.05) is 11.1 Å². The molecule has 0 spiro atoms. The third kappa shape index (κ3) is 3.68. The monoisotopic (exact) mass is 428 g/mol. The van der Waals surface area contributed by atoms with Crippen LogP contribution in [0.3, 0.4) is 0 Å². The average molecular weight is 429 g/mol. The van der Waals surface area contributed by atoms with E-state index in [1.807, 2.05) is 36.4 Å². The van der Waals surface area contributed by atoms with E-state index in [1.54, 1.807) is 0 Å². The van der Waals surface area contributed by atoms with Crippen LogP contribution in [0.25, 0.3) is 10.8 Å². The zero-order chi connectivity index (χ0) is 22.8. The molecule has 2 aromatic carbocycles. The Morgan fingerprint density at radius 3 is 1.31 bits per heavy atom. The Morgan fingerprint density at radius 1 is 0.594 bits per heavy atom. The van der Waals surface area contributed by atoms with Crippen molar-refractivity contribution in [2.45, 2.75) is 79.1 Å². The van der Waals surface area contributed by atoms with Crippen LogP contribution in [0.15, 0.2) is 58.7 Å². The number of benzene rings is 2. The fourth-order valence-electron chi connectivity index (χ4n) is 6.04. The van der Waals surface area contributed by atoms with Gasteiger partial charge < -0.3 is 0 Å². The lowest BCUT2D eigenvalue weighted by Gasteiger charge is -2.41. The van der Waals surface area contributed by atoms with Gasteiger partial charge in [-0.1, -0.05) is 88.8 Å². The van der Waals surface area contributed by atoms with Crippen molar-refractivity contribution < 1.29 is 9.59 Å². The molecule has 0 aromatic heterocycles. The molecule has 2 unspecified atom stereocenters. The van der Waals surface area contributed by atoms with Gasteiger partial charge >= 0.3 is 0 Å². The summed E-state index contributed by atoms with van der Waals surface area (Å²) in [4.78, 5) is 28.2. The van der Waals surface area contributed by atoms with Gasteiger partial charge in [-0.3, -0.25) is 9.59 Å². The molecule has 2 aliphatic carbocycles. The first-order valence-corrected chi connectivity index (χ1v) is 12.6. The van der Waals surface area contributed by atoms with Gasteiger partial charge in [0.2, 0.25) is 0 Å². The van der Waals surface area contributed by atoms with Crippen LogP contribution in [-0.4, -0.2) is 11.6 Å². The number of hydrogen-bond donors (Lipinski definition) is 0. The van der Waals surface area contributed by atoms with E-state index in [9.17, 15) is 9.59 Å². The van der Waals surface area contributed by atoms with E-state index in [0.29, 0.717) is 11.1 Å². The summed E-state index contributed by atoms with van der Waals surface area (Å²) in [5, 5.41) is 2.07. The third-order valence-corrected chi connectivity index (χ3v) is 7.24. The first kappa shape index (κ1) is 22.7. The van der Waals surface area contributed by atoms with Crippen LogP contribution in [0.1, 0.15) is 99.8 Å². The quantitative estimate of drug-likeness (QED) is 0.424. The van der Waals surface area contributed by atoms with Crippen LogP contribution >= 0.6 is 0 Å². The van der Waals surface area contributed by atoms with Crippen LogP contribution in [0.2, 0.25) is 0 Å². The molecule has 32 heavy (non-hydrogen) atoms. The lowest BCUT2D eigenvalue weighted by Crippen LogP contribution is -2.42. The normalized spacial score (nSPS) is 20.8. The van der Waals surface area contributed by atoms with Gasteiger partial charge in [0.1, 0.15) is 0 Å². The van der Waals surface area contributed by atoms with Crippen molar-refractivity contribution in [1.29, 1.82) is 0 Å². The number of fused-ring (bicyclic) bond motifs is 3. The summed E-state index contributed by atoms with van der Waals surface area (Å²) >= 11 is 0. The fraction of sp³-hybridized carbons (Fsp3) is 0.467. The number of Topliss-reactive ketones (excluding diaryl/α,β-unsaturated/α-hetero) is 2. The minimum absolute atomic E-state index is 0.163. The Hall–Kier alpha value is -2.48. The molecule has 4 rings (SSSR count). The Kier molecular flexibility index (Phi) is 6.79.